The first-order valence-corrected chi connectivity index (χ1v) is 9.78. The van der Waals surface area contributed by atoms with Gasteiger partial charge in [0.2, 0.25) is 0 Å². The van der Waals surface area contributed by atoms with Gasteiger partial charge in [-0.2, -0.15) is 10.1 Å². The first-order valence-electron chi connectivity index (χ1n) is 7.91. The molecule has 0 amide bonds. The van der Waals surface area contributed by atoms with Gasteiger partial charge >= 0.3 is 5.97 Å². The van der Waals surface area contributed by atoms with Crippen molar-refractivity contribution in [3.63, 3.8) is 0 Å². The molecule has 0 bridgehead atoms. The molecule has 0 N–H and O–H groups in total. The number of ether oxygens (including phenoxy) is 1. The van der Waals surface area contributed by atoms with Gasteiger partial charge in [-0.05, 0) is 34.1 Å². The molecule has 136 valence electrons. The van der Waals surface area contributed by atoms with Gasteiger partial charge in [-0.15, -0.1) is 11.3 Å². The van der Waals surface area contributed by atoms with Gasteiger partial charge in [0, 0.05) is 11.1 Å². The predicted octanol–water partition coefficient (Wildman–Crippen LogP) is 2.60. The normalized spacial score (nSPS) is 11.6. The number of hydrogen-bond donors (Lipinski definition) is 0. The van der Waals surface area contributed by atoms with Crippen molar-refractivity contribution in [2.75, 3.05) is 0 Å². The van der Waals surface area contributed by atoms with Gasteiger partial charge in [-0.25, -0.2) is 9.67 Å². The topological polar surface area (TPSA) is 87.0 Å². The van der Waals surface area contributed by atoms with E-state index in [1.165, 1.54) is 16.4 Å². The van der Waals surface area contributed by atoms with Gasteiger partial charge < -0.3 is 4.74 Å². The third kappa shape index (κ3) is 5.93. The summed E-state index contributed by atoms with van der Waals surface area (Å²) >= 11 is 2.90. The minimum Gasteiger partial charge on any atom is -0.459 e. The minimum atomic E-state index is -0.581. The average Bonchev–Trinajstić information content (AvgIpc) is 2.90. The highest BCUT2D eigenvalue weighted by atomic mass is 32.2. The van der Waals surface area contributed by atoms with E-state index in [2.05, 4.69) is 15.1 Å². The monoisotopic (exact) mass is 382 g/mol. The van der Waals surface area contributed by atoms with Crippen LogP contribution in [0, 0.1) is 6.92 Å². The maximum atomic E-state index is 12.1. The van der Waals surface area contributed by atoms with E-state index in [1.54, 1.807) is 32.1 Å². The number of aromatic nitrogens is 4. The third-order valence-corrected chi connectivity index (χ3v) is 4.78. The van der Waals surface area contributed by atoms with Crippen LogP contribution >= 0.6 is 23.1 Å². The van der Waals surface area contributed by atoms with Crippen molar-refractivity contribution in [1.82, 2.24) is 19.7 Å². The number of rotatable bonds is 6. The number of thiazole rings is 1. The Morgan fingerprint density at radius 1 is 1.36 bits per heavy atom. The second-order valence-electron chi connectivity index (χ2n) is 6.39. The lowest BCUT2D eigenvalue weighted by atomic mass is 10.2. The van der Waals surface area contributed by atoms with Crippen LogP contribution in [0.2, 0.25) is 0 Å². The quantitative estimate of drug-likeness (QED) is 0.560. The van der Waals surface area contributed by atoms with E-state index in [0.717, 1.165) is 10.7 Å². The molecule has 2 rings (SSSR count). The lowest BCUT2D eigenvalue weighted by Crippen LogP contribution is -2.30. The van der Waals surface area contributed by atoms with E-state index in [4.69, 9.17) is 4.74 Å². The summed E-state index contributed by atoms with van der Waals surface area (Å²) in [6, 6.07) is 0. The van der Waals surface area contributed by atoms with Crippen molar-refractivity contribution in [3.8, 4) is 0 Å². The molecule has 25 heavy (non-hydrogen) atoms. The molecule has 0 aliphatic carbocycles. The van der Waals surface area contributed by atoms with Crippen molar-refractivity contribution >= 4 is 29.1 Å². The Hall–Kier alpha value is -1.74. The zero-order valence-corrected chi connectivity index (χ0v) is 16.7. The summed E-state index contributed by atoms with van der Waals surface area (Å²) in [6.45, 7) is 9.09. The molecular formula is C16H22N4O3S2. The molecule has 0 atom stereocenters. The van der Waals surface area contributed by atoms with E-state index >= 15 is 0 Å². The van der Waals surface area contributed by atoms with Crippen LogP contribution in [0.15, 0.2) is 15.3 Å². The van der Waals surface area contributed by atoms with Crippen LogP contribution in [-0.4, -0.2) is 31.3 Å². The number of esters is 1. The molecule has 2 heterocycles. The van der Waals surface area contributed by atoms with Crippen molar-refractivity contribution in [3.05, 3.63) is 32.1 Å². The maximum Gasteiger partial charge on any atom is 0.328 e. The van der Waals surface area contributed by atoms with E-state index in [1.807, 2.05) is 19.2 Å². The Labute approximate surface area is 154 Å². The number of carbonyl (C=O) groups is 1. The van der Waals surface area contributed by atoms with Gasteiger partial charge in [0.1, 0.15) is 17.8 Å². The number of carbonyl (C=O) groups excluding carboxylic acids is 1. The van der Waals surface area contributed by atoms with Crippen LogP contribution in [-0.2, 0) is 28.2 Å². The largest absolute Gasteiger partial charge is 0.459 e. The van der Waals surface area contributed by atoms with Gasteiger partial charge in [0.15, 0.2) is 5.16 Å². The molecule has 2 aromatic rings. The second kappa shape index (κ2) is 8.09. The Bertz CT molecular complexity index is 808. The van der Waals surface area contributed by atoms with Crippen molar-refractivity contribution in [1.29, 1.82) is 0 Å². The van der Waals surface area contributed by atoms with Gasteiger partial charge in [0.25, 0.3) is 5.56 Å². The van der Waals surface area contributed by atoms with Crippen molar-refractivity contribution in [2.24, 2.45) is 0 Å². The summed E-state index contributed by atoms with van der Waals surface area (Å²) in [5.41, 5.74) is 0.296. The smallest absolute Gasteiger partial charge is 0.328 e. The van der Waals surface area contributed by atoms with E-state index in [9.17, 15) is 9.59 Å². The molecule has 0 fully saturated rings. The highest BCUT2D eigenvalue weighted by Crippen LogP contribution is 2.21. The van der Waals surface area contributed by atoms with E-state index in [0.29, 0.717) is 23.0 Å². The Balaban J connectivity index is 2.22. The summed E-state index contributed by atoms with van der Waals surface area (Å²) < 4.78 is 6.78. The molecule has 0 aliphatic rings. The SMILES string of the molecule is CCc1nn(CC(=O)OC(C)(C)C)c(SCc2csc(C)n2)nc1=O. The number of nitrogens with zero attached hydrogens (tertiary/aromatic N) is 4. The standard InChI is InChI=1S/C16H22N4O3S2/c1-6-12-14(22)18-15(25-9-11-8-24-10(2)17-11)20(19-12)7-13(21)23-16(3,4)5/h8H,6-7,9H2,1-5H3. The first-order chi connectivity index (χ1) is 11.7. The second-order valence-corrected chi connectivity index (χ2v) is 8.40. The summed E-state index contributed by atoms with van der Waals surface area (Å²) in [5.74, 6) is 0.136. The van der Waals surface area contributed by atoms with Gasteiger partial charge in [0.05, 0.1) is 10.7 Å². The molecule has 0 spiro atoms. The lowest BCUT2D eigenvalue weighted by Gasteiger charge is -2.20. The van der Waals surface area contributed by atoms with E-state index < -0.39 is 11.6 Å². The van der Waals surface area contributed by atoms with Gasteiger partial charge in [-0.3, -0.25) is 9.59 Å². The van der Waals surface area contributed by atoms with Crippen LogP contribution in [0.4, 0.5) is 0 Å². The number of aryl methyl sites for hydroxylation is 2. The Morgan fingerprint density at radius 3 is 2.64 bits per heavy atom. The molecule has 2 aromatic heterocycles. The third-order valence-electron chi connectivity index (χ3n) is 2.96. The summed E-state index contributed by atoms with van der Waals surface area (Å²) in [5, 5.41) is 7.61. The van der Waals surface area contributed by atoms with Crippen LogP contribution in [0.1, 0.15) is 44.1 Å². The first kappa shape index (κ1) is 19.6. The maximum absolute atomic E-state index is 12.1. The fourth-order valence-corrected chi connectivity index (χ4v) is 3.53. The molecule has 0 aromatic carbocycles. The fraction of sp³-hybridized carbons (Fsp3) is 0.562. The predicted molar refractivity (Wildman–Crippen MR) is 97.9 cm³/mol. The summed E-state index contributed by atoms with van der Waals surface area (Å²) in [6.07, 6.45) is 0.455. The van der Waals surface area contributed by atoms with Crippen LogP contribution in [0.25, 0.3) is 0 Å². The average molecular weight is 383 g/mol. The summed E-state index contributed by atoms with van der Waals surface area (Å²) in [4.78, 5) is 32.6. The van der Waals surface area contributed by atoms with Gasteiger partial charge in [-0.1, -0.05) is 18.7 Å². The fourth-order valence-electron chi connectivity index (χ4n) is 1.98. The van der Waals surface area contributed by atoms with Crippen LogP contribution in [0.3, 0.4) is 0 Å². The number of thioether (sulfide) groups is 1. The molecule has 0 unspecified atom stereocenters. The molecule has 0 radical (unpaired) electrons. The van der Waals surface area contributed by atoms with Crippen molar-refractivity contribution in [2.45, 2.75) is 64.1 Å². The van der Waals surface area contributed by atoms with E-state index in [-0.39, 0.29) is 12.1 Å². The Kier molecular flexibility index (Phi) is 6.34. The molecule has 7 nitrogen and oxygen atoms in total. The summed E-state index contributed by atoms with van der Waals surface area (Å²) in [7, 11) is 0. The molecule has 0 saturated heterocycles. The van der Waals surface area contributed by atoms with Crippen molar-refractivity contribution < 1.29 is 9.53 Å². The minimum absolute atomic E-state index is 0.0873. The molecule has 9 heteroatoms. The lowest BCUT2D eigenvalue weighted by molar-refractivity contribution is -0.156. The molecule has 0 aliphatic heterocycles. The highest BCUT2D eigenvalue weighted by Gasteiger charge is 2.19. The zero-order chi connectivity index (χ0) is 18.6. The molecular weight excluding hydrogens is 360 g/mol. The van der Waals surface area contributed by atoms with Crippen LogP contribution in [0.5, 0.6) is 0 Å². The zero-order valence-electron chi connectivity index (χ0n) is 15.0. The highest BCUT2D eigenvalue weighted by molar-refractivity contribution is 7.98. The molecule has 0 saturated carbocycles. The number of hydrogen-bond acceptors (Lipinski definition) is 8. The van der Waals surface area contributed by atoms with Crippen LogP contribution < -0.4 is 5.56 Å². The Morgan fingerprint density at radius 2 is 2.08 bits per heavy atom.